The summed E-state index contributed by atoms with van der Waals surface area (Å²) in [5.41, 5.74) is 0. The van der Waals surface area contributed by atoms with Crippen molar-refractivity contribution in [2.75, 3.05) is 0 Å². The van der Waals surface area contributed by atoms with Crippen LogP contribution in [0.15, 0.2) is 0 Å². The minimum Gasteiger partial charge on any atom is -0.210 e. The summed E-state index contributed by atoms with van der Waals surface area (Å²) in [5.74, 6) is 0. The molecule has 1 aliphatic rings. The lowest BCUT2D eigenvalue weighted by molar-refractivity contribution is 0.516. The van der Waals surface area contributed by atoms with E-state index in [1.807, 2.05) is 0 Å². The second kappa shape index (κ2) is 4.47. The fourth-order valence-corrected chi connectivity index (χ4v) is 2.42. The Morgan fingerprint density at radius 2 is 1.89 bits per heavy atom. The summed E-state index contributed by atoms with van der Waals surface area (Å²) in [6, 6.07) is 0. The van der Waals surface area contributed by atoms with E-state index in [9.17, 15) is 0 Å². The van der Waals surface area contributed by atoms with Gasteiger partial charge in [-0.3, -0.25) is 0 Å². The molecule has 1 rings (SSSR count). The fraction of sp³-hybridized carbons (Fsp3) is 1.00. The molecule has 1 saturated carbocycles. The van der Waals surface area contributed by atoms with Gasteiger partial charge < -0.3 is 0 Å². The van der Waals surface area contributed by atoms with Gasteiger partial charge >= 0.3 is 0 Å². The van der Waals surface area contributed by atoms with Gasteiger partial charge in [0.1, 0.15) is 0 Å². The van der Waals surface area contributed by atoms with E-state index in [-0.39, 0.29) is 0 Å². The number of rotatable bonds is 2. The van der Waals surface area contributed by atoms with Gasteiger partial charge in [-0.15, -0.1) is 0 Å². The highest BCUT2D eigenvalue weighted by Gasteiger charge is 2.12. The van der Waals surface area contributed by atoms with E-state index in [0.29, 0.717) is 0 Å². The molecule has 1 N–H and O–H groups in total. The zero-order chi connectivity index (χ0) is 6.53. The Kier molecular flexibility index (Phi) is 3.86. The van der Waals surface area contributed by atoms with Gasteiger partial charge in [-0.1, -0.05) is 44.0 Å². The molecule has 9 heavy (non-hydrogen) atoms. The second-order valence-corrected chi connectivity index (χ2v) is 4.10. The van der Waals surface area contributed by atoms with Gasteiger partial charge in [0.05, 0.1) is 0 Å². The van der Waals surface area contributed by atoms with Crippen LogP contribution in [-0.4, -0.2) is 5.25 Å². The van der Waals surface area contributed by atoms with E-state index >= 15 is 0 Å². The molecule has 0 radical (unpaired) electrons. The predicted molar refractivity (Wildman–Crippen MR) is 46.6 cm³/mol. The normalized spacial score (nSPS) is 22.3. The van der Waals surface area contributed by atoms with Crippen LogP contribution in [0.25, 0.3) is 0 Å². The molecule has 1 aliphatic carbocycles. The van der Waals surface area contributed by atoms with Crippen LogP contribution in [0.2, 0.25) is 0 Å². The Morgan fingerprint density at radius 1 is 1.22 bits per heavy atom. The largest absolute Gasteiger partial charge is 0.210 e. The minimum absolute atomic E-state index is 0.830. The highest BCUT2D eigenvalue weighted by atomic mass is 32.2. The third kappa shape index (κ3) is 2.83. The molecule has 0 bridgehead atoms. The van der Waals surface area contributed by atoms with Crippen LogP contribution < -0.4 is 4.13 Å². The van der Waals surface area contributed by atoms with Crippen molar-refractivity contribution in [1.29, 1.82) is 0 Å². The highest BCUT2D eigenvalue weighted by molar-refractivity contribution is 8.06. The zero-order valence-corrected chi connectivity index (χ0v) is 7.18. The molecular formula is C6H13NS2. The van der Waals surface area contributed by atoms with E-state index < -0.39 is 0 Å². The van der Waals surface area contributed by atoms with Crippen molar-refractivity contribution in [1.82, 2.24) is 4.13 Å². The van der Waals surface area contributed by atoms with Crippen molar-refractivity contribution >= 4 is 24.8 Å². The molecule has 0 aromatic carbocycles. The van der Waals surface area contributed by atoms with Crippen molar-refractivity contribution in [2.24, 2.45) is 0 Å². The standard InChI is InChI=1S/C6H13NS2/c8-7-9-6-4-2-1-3-5-6/h6-8H,1-5H2. The van der Waals surface area contributed by atoms with Crippen LogP contribution in [0.4, 0.5) is 0 Å². The summed E-state index contributed by atoms with van der Waals surface area (Å²) in [6.07, 6.45) is 7.00. The van der Waals surface area contributed by atoms with Crippen LogP contribution in [-0.2, 0) is 0 Å². The molecule has 0 saturated heterocycles. The number of thiol groups is 1. The summed E-state index contributed by atoms with van der Waals surface area (Å²) in [6.45, 7) is 0. The fourth-order valence-electron chi connectivity index (χ4n) is 1.26. The summed E-state index contributed by atoms with van der Waals surface area (Å²) in [4.78, 5) is 0. The lowest BCUT2D eigenvalue weighted by atomic mass is 10.0. The number of nitrogens with one attached hydrogen (secondary N) is 1. The van der Waals surface area contributed by atoms with Crippen LogP contribution in [0.1, 0.15) is 32.1 Å². The minimum atomic E-state index is 0.830. The van der Waals surface area contributed by atoms with E-state index in [2.05, 4.69) is 16.9 Å². The Hall–Kier alpha value is 0.660. The van der Waals surface area contributed by atoms with Gasteiger partial charge in [0.2, 0.25) is 0 Å². The maximum atomic E-state index is 3.94. The van der Waals surface area contributed by atoms with Gasteiger partial charge in [-0.25, -0.2) is 4.13 Å². The average molecular weight is 163 g/mol. The van der Waals surface area contributed by atoms with Crippen molar-refractivity contribution in [3.05, 3.63) is 0 Å². The topological polar surface area (TPSA) is 12.0 Å². The van der Waals surface area contributed by atoms with Crippen LogP contribution >= 0.6 is 24.8 Å². The maximum Gasteiger partial charge on any atom is 0.0201 e. The molecule has 0 unspecified atom stereocenters. The molecule has 0 atom stereocenters. The monoisotopic (exact) mass is 163 g/mol. The molecule has 0 aromatic heterocycles. The average Bonchev–Trinajstić information content (AvgIpc) is 1.91. The summed E-state index contributed by atoms with van der Waals surface area (Å²) < 4.78 is 2.85. The molecule has 0 spiro atoms. The molecule has 3 heteroatoms. The molecule has 0 aromatic rings. The van der Waals surface area contributed by atoms with Crippen molar-refractivity contribution in [2.45, 2.75) is 37.4 Å². The third-order valence-corrected chi connectivity index (χ3v) is 3.00. The van der Waals surface area contributed by atoms with Crippen LogP contribution in [0.3, 0.4) is 0 Å². The predicted octanol–water partition coefficient (Wildman–Crippen LogP) is 2.40. The molecule has 0 heterocycles. The third-order valence-electron chi connectivity index (χ3n) is 1.77. The van der Waals surface area contributed by atoms with Crippen molar-refractivity contribution in [3.63, 3.8) is 0 Å². The van der Waals surface area contributed by atoms with E-state index in [1.165, 1.54) is 32.1 Å². The quantitative estimate of drug-likeness (QED) is 0.479. The Morgan fingerprint density at radius 3 is 2.44 bits per heavy atom. The first kappa shape index (κ1) is 7.76. The first-order chi connectivity index (χ1) is 4.43. The zero-order valence-electron chi connectivity index (χ0n) is 5.47. The molecule has 0 amide bonds. The molecular weight excluding hydrogens is 150 g/mol. The van der Waals surface area contributed by atoms with E-state index in [1.54, 1.807) is 11.9 Å². The van der Waals surface area contributed by atoms with Gasteiger partial charge in [0.15, 0.2) is 0 Å². The van der Waals surface area contributed by atoms with Gasteiger partial charge in [0.25, 0.3) is 0 Å². The summed E-state index contributed by atoms with van der Waals surface area (Å²) in [7, 11) is 0. The Labute approximate surface area is 66.7 Å². The molecule has 54 valence electrons. The lowest BCUT2D eigenvalue weighted by Crippen LogP contribution is -2.10. The second-order valence-electron chi connectivity index (χ2n) is 2.47. The number of hydrogen-bond acceptors (Lipinski definition) is 3. The molecule has 1 nitrogen and oxygen atoms in total. The SMILES string of the molecule is SNSC1CCCCC1. The first-order valence-corrected chi connectivity index (χ1v) is 4.81. The molecule has 0 aliphatic heterocycles. The summed E-state index contributed by atoms with van der Waals surface area (Å²) >= 11 is 5.71. The Bertz CT molecular complexity index is 68.7. The van der Waals surface area contributed by atoms with Gasteiger partial charge in [0, 0.05) is 5.25 Å². The highest BCUT2D eigenvalue weighted by Crippen LogP contribution is 2.26. The lowest BCUT2D eigenvalue weighted by Gasteiger charge is -2.19. The van der Waals surface area contributed by atoms with Gasteiger partial charge in [-0.05, 0) is 12.8 Å². The van der Waals surface area contributed by atoms with Crippen LogP contribution in [0.5, 0.6) is 0 Å². The summed E-state index contributed by atoms with van der Waals surface area (Å²) in [5, 5.41) is 0.830. The maximum absolute atomic E-state index is 3.94. The Balaban J connectivity index is 2.08. The van der Waals surface area contributed by atoms with Crippen molar-refractivity contribution in [3.8, 4) is 0 Å². The van der Waals surface area contributed by atoms with Crippen molar-refractivity contribution < 1.29 is 0 Å². The number of hydrogen-bond donors (Lipinski definition) is 2. The van der Waals surface area contributed by atoms with Gasteiger partial charge in [-0.2, -0.15) is 0 Å². The van der Waals surface area contributed by atoms with E-state index in [4.69, 9.17) is 0 Å². The van der Waals surface area contributed by atoms with Crippen LogP contribution in [0, 0.1) is 0 Å². The smallest absolute Gasteiger partial charge is 0.0201 e. The van der Waals surface area contributed by atoms with E-state index in [0.717, 1.165) is 5.25 Å². The first-order valence-electron chi connectivity index (χ1n) is 3.48. The molecule has 1 fully saturated rings.